The fourth-order valence-electron chi connectivity index (χ4n) is 11.8. The Labute approximate surface area is 439 Å². The lowest BCUT2D eigenvalue weighted by Gasteiger charge is -2.35. The zero-order valence-corrected chi connectivity index (χ0v) is 43.2. The second-order valence-electron chi connectivity index (χ2n) is 19.0. The van der Waals surface area contributed by atoms with Crippen molar-refractivity contribution < 1.29 is 0 Å². The number of hydrogen-bond acceptors (Lipinski definition) is 3. The van der Waals surface area contributed by atoms with Gasteiger partial charge in [0.2, 0.25) is 5.95 Å². The third kappa shape index (κ3) is 7.78. The highest BCUT2D eigenvalue weighted by atomic mass is 28.3. The zero-order chi connectivity index (χ0) is 50.0. The van der Waals surface area contributed by atoms with Crippen LogP contribution in [0.15, 0.2) is 303 Å². The standard InChI is InChI=1S/C69H50N4Si2/c1-8-27-51(28-9-1)65-66(52-29-24-43-60(49-52)74(54-31-10-2-11-32-54,55-33-12-3-13-34-55)56-35-14-4-15-36-56)71-69(73-64-47-23-22-45-62(64)63-46-26-48-70-68(63)73)72-67(65)53-30-25-44-61(50-53)75(57-37-16-5-17-38-57,58-39-18-6-19-40-58)59-41-20-7-21-42-59/h1-50H. The summed E-state index contributed by atoms with van der Waals surface area (Å²) in [7, 11) is -5.91. The maximum atomic E-state index is 5.84. The highest BCUT2D eigenvalue weighted by Crippen LogP contribution is 2.40. The smallest absolute Gasteiger partial charge is 0.237 e. The maximum absolute atomic E-state index is 5.84. The lowest BCUT2D eigenvalue weighted by atomic mass is 9.94. The second kappa shape index (κ2) is 19.6. The van der Waals surface area contributed by atoms with Gasteiger partial charge in [0.15, 0.2) is 16.1 Å². The summed E-state index contributed by atoms with van der Waals surface area (Å²) < 4.78 is 2.16. The Morgan fingerprint density at radius 3 is 1.03 bits per heavy atom. The van der Waals surface area contributed by atoms with Crippen LogP contribution >= 0.6 is 0 Å². The number of para-hydroxylation sites is 1. The molecule has 0 atom stereocenters. The van der Waals surface area contributed by atoms with Crippen molar-refractivity contribution in [2.45, 2.75) is 0 Å². The monoisotopic (exact) mass is 990 g/mol. The van der Waals surface area contributed by atoms with Gasteiger partial charge < -0.3 is 0 Å². The Morgan fingerprint density at radius 1 is 0.280 bits per heavy atom. The molecule has 0 saturated heterocycles. The number of hydrogen-bond donors (Lipinski definition) is 0. The van der Waals surface area contributed by atoms with Crippen molar-refractivity contribution in [3.63, 3.8) is 0 Å². The van der Waals surface area contributed by atoms with Crippen molar-refractivity contribution in [2.24, 2.45) is 0 Å². The molecule has 10 aromatic carbocycles. The van der Waals surface area contributed by atoms with E-state index in [2.05, 4.69) is 296 Å². The van der Waals surface area contributed by atoms with Crippen molar-refractivity contribution in [3.05, 3.63) is 303 Å². The van der Waals surface area contributed by atoms with Crippen LogP contribution in [0.3, 0.4) is 0 Å². The summed E-state index contributed by atoms with van der Waals surface area (Å²) in [6.45, 7) is 0. The fraction of sp³-hybridized carbons (Fsp3) is 0. The number of fused-ring (bicyclic) bond motifs is 3. The van der Waals surface area contributed by atoms with Gasteiger partial charge in [-0.05, 0) is 65.3 Å². The average Bonchev–Trinajstić information content (AvgIpc) is 3.84. The van der Waals surface area contributed by atoms with Crippen LogP contribution < -0.4 is 41.5 Å². The SMILES string of the molecule is c1ccc(-c2c(-c3cccc([Si](c4ccccc4)(c4ccccc4)c4ccccc4)c3)nc(-n3c4ccccc4c4cccnc43)nc2-c2cccc([Si](c3ccccc3)(c3ccccc3)c3ccccc3)c2)cc1. The molecule has 3 aromatic heterocycles. The average molecular weight is 991 g/mol. The van der Waals surface area contributed by atoms with Gasteiger partial charge in [-0.15, -0.1) is 0 Å². The summed E-state index contributed by atoms with van der Waals surface area (Å²) >= 11 is 0. The molecule has 0 N–H and O–H groups in total. The molecule has 0 aliphatic carbocycles. The van der Waals surface area contributed by atoms with E-state index in [0.29, 0.717) is 5.95 Å². The third-order valence-electron chi connectivity index (χ3n) is 15.0. The van der Waals surface area contributed by atoms with Crippen LogP contribution in [0.25, 0.3) is 61.5 Å². The van der Waals surface area contributed by atoms with Crippen LogP contribution in [0.5, 0.6) is 0 Å². The molecule has 0 fully saturated rings. The summed E-state index contributed by atoms with van der Waals surface area (Å²) in [6.07, 6.45) is 1.87. The number of aromatic nitrogens is 4. The second-order valence-corrected chi connectivity index (χ2v) is 26.7. The first-order chi connectivity index (χ1) is 37.2. The highest BCUT2D eigenvalue weighted by Gasteiger charge is 2.43. The largest absolute Gasteiger partial charge is 0.262 e. The van der Waals surface area contributed by atoms with Crippen LogP contribution in [0, 0.1) is 0 Å². The van der Waals surface area contributed by atoms with E-state index in [4.69, 9.17) is 15.0 Å². The van der Waals surface area contributed by atoms with E-state index in [-0.39, 0.29) is 0 Å². The Hall–Kier alpha value is -9.34. The lowest BCUT2D eigenvalue weighted by molar-refractivity contribution is 0.983. The summed E-state index contributed by atoms with van der Waals surface area (Å²) in [5.41, 5.74) is 7.46. The molecule has 6 heteroatoms. The molecule has 0 amide bonds. The molecule has 0 aliphatic rings. The summed E-state index contributed by atoms with van der Waals surface area (Å²) in [4.78, 5) is 16.7. The summed E-state index contributed by atoms with van der Waals surface area (Å²) in [5.74, 6) is 0.552. The van der Waals surface area contributed by atoms with Gasteiger partial charge in [-0.2, -0.15) is 0 Å². The fourth-order valence-corrected chi connectivity index (χ4v) is 21.4. The van der Waals surface area contributed by atoms with Crippen molar-refractivity contribution in [3.8, 4) is 39.6 Å². The lowest BCUT2D eigenvalue weighted by Crippen LogP contribution is -2.74. The quantitative estimate of drug-likeness (QED) is 0.0905. The molecule has 0 aliphatic heterocycles. The molecule has 75 heavy (non-hydrogen) atoms. The highest BCUT2D eigenvalue weighted by molar-refractivity contribution is 7.20. The molecule has 0 spiro atoms. The van der Waals surface area contributed by atoms with E-state index in [1.54, 1.807) is 0 Å². The molecule has 354 valence electrons. The molecule has 0 bridgehead atoms. The molecular weight excluding hydrogens is 941 g/mol. The van der Waals surface area contributed by atoms with E-state index in [1.165, 1.54) is 41.5 Å². The summed E-state index contributed by atoms with van der Waals surface area (Å²) in [6, 6.07) is 109. The van der Waals surface area contributed by atoms with Gasteiger partial charge >= 0.3 is 0 Å². The maximum Gasteiger partial charge on any atom is 0.237 e. The van der Waals surface area contributed by atoms with Gasteiger partial charge in [-0.25, -0.2) is 15.0 Å². The van der Waals surface area contributed by atoms with Gasteiger partial charge in [0.05, 0.1) is 16.9 Å². The van der Waals surface area contributed by atoms with Crippen LogP contribution in [0.1, 0.15) is 0 Å². The minimum Gasteiger partial charge on any atom is -0.262 e. The van der Waals surface area contributed by atoms with E-state index in [9.17, 15) is 0 Å². The van der Waals surface area contributed by atoms with Gasteiger partial charge in [0, 0.05) is 33.7 Å². The van der Waals surface area contributed by atoms with E-state index in [0.717, 1.165) is 55.6 Å². The Morgan fingerprint density at radius 2 is 0.613 bits per heavy atom. The number of rotatable bonds is 12. The first kappa shape index (κ1) is 45.5. The molecule has 13 aromatic rings. The molecule has 3 heterocycles. The van der Waals surface area contributed by atoms with Crippen LogP contribution in [0.2, 0.25) is 0 Å². The number of benzene rings is 10. The van der Waals surface area contributed by atoms with Crippen molar-refractivity contribution in [1.29, 1.82) is 0 Å². The van der Waals surface area contributed by atoms with Crippen molar-refractivity contribution in [1.82, 2.24) is 19.5 Å². The predicted octanol–water partition coefficient (Wildman–Crippen LogP) is 10.7. The van der Waals surface area contributed by atoms with Crippen molar-refractivity contribution in [2.75, 3.05) is 0 Å². The van der Waals surface area contributed by atoms with E-state index >= 15 is 0 Å². The zero-order valence-electron chi connectivity index (χ0n) is 41.2. The third-order valence-corrected chi connectivity index (χ3v) is 24.5. The van der Waals surface area contributed by atoms with Crippen LogP contribution in [0.4, 0.5) is 0 Å². The molecule has 0 radical (unpaired) electrons. The molecular formula is C69H50N4Si2. The predicted molar refractivity (Wildman–Crippen MR) is 318 cm³/mol. The van der Waals surface area contributed by atoms with Crippen LogP contribution in [-0.4, -0.2) is 35.7 Å². The molecule has 0 unspecified atom stereocenters. The number of nitrogens with zero attached hydrogens (tertiary/aromatic N) is 4. The Bertz CT molecular complexity index is 3660. The van der Waals surface area contributed by atoms with Gasteiger partial charge in [-0.3, -0.25) is 4.57 Å². The van der Waals surface area contributed by atoms with Gasteiger partial charge in [-0.1, -0.05) is 279 Å². The van der Waals surface area contributed by atoms with E-state index in [1.807, 2.05) is 12.3 Å². The van der Waals surface area contributed by atoms with E-state index < -0.39 is 16.1 Å². The first-order valence-corrected chi connectivity index (χ1v) is 29.6. The van der Waals surface area contributed by atoms with Crippen LogP contribution in [-0.2, 0) is 0 Å². The molecule has 13 rings (SSSR count). The molecule has 0 saturated carbocycles. The minimum atomic E-state index is -2.96. The Kier molecular flexibility index (Phi) is 11.9. The van der Waals surface area contributed by atoms with Gasteiger partial charge in [0.25, 0.3) is 0 Å². The normalized spacial score (nSPS) is 11.7. The van der Waals surface area contributed by atoms with Gasteiger partial charge in [0.1, 0.15) is 5.65 Å². The molecule has 4 nitrogen and oxygen atoms in total. The van der Waals surface area contributed by atoms with Crippen molar-refractivity contribution >= 4 is 79.6 Å². The number of pyridine rings is 1. The topological polar surface area (TPSA) is 43.6 Å². The summed E-state index contributed by atoms with van der Waals surface area (Å²) in [5, 5.41) is 12.5. The Balaban J connectivity index is 1.15. The first-order valence-electron chi connectivity index (χ1n) is 25.6. The minimum absolute atomic E-state index is 0.552.